The predicted molar refractivity (Wildman–Crippen MR) is 117 cm³/mol. The first kappa shape index (κ1) is 20.3. The fourth-order valence-corrected chi connectivity index (χ4v) is 3.34. The van der Waals surface area contributed by atoms with Crippen molar-refractivity contribution in [3.8, 4) is 17.4 Å². The number of aryl methyl sites for hydroxylation is 1. The monoisotopic (exact) mass is 416 g/mol. The van der Waals surface area contributed by atoms with E-state index >= 15 is 0 Å². The van der Waals surface area contributed by atoms with Crippen molar-refractivity contribution >= 4 is 17.0 Å². The van der Waals surface area contributed by atoms with Crippen LogP contribution in [-0.2, 0) is 0 Å². The van der Waals surface area contributed by atoms with E-state index in [-0.39, 0.29) is 22.7 Å². The summed E-state index contributed by atoms with van der Waals surface area (Å²) in [5.41, 5.74) is 2.26. The molecule has 2 aromatic carbocycles. The second-order valence-corrected chi connectivity index (χ2v) is 7.24. The highest BCUT2D eigenvalue weighted by Crippen LogP contribution is 2.22. The summed E-state index contributed by atoms with van der Waals surface area (Å²) in [5.74, 6) is -0.111. The second-order valence-electron chi connectivity index (χ2n) is 7.24. The summed E-state index contributed by atoms with van der Waals surface area (Å²) in [6, 6.07) is 15.1. The summed E-state index contributed by atoms with van der Waals surface area (Å²) >= 11 is 0. The van der Waals surface area contributed by atoms with Gasteiger partial charge >= 0.3 is 0 Å². The number of nitriles is 1. The van der Waals surface area contributed by atoms with Gasteiger partial charge in [-0.15, -0.1) is 0 Å². The van der Waals surface area contributed by atoms with Gasteiger partial charge in [0.2, 0.25) is 5.95 Å². The molecule has 0 radical (unpaired) electrons. The van der Waals surface area contributed by atoms with Crippen LogP contribution in [0.1, 0.15) is 31.0 Å². The summed E-state index contributed by atoms with van der Waals surface area (Å²) in [4.78, 5) is 18.3. The van der Waals surface area contributed by atoms with E-state index in [0.717, 1.165) is 18.4 Å². The normalized spacial score (nSPS) is 10.9. The number of halogens is 1. The molecule has 0 aliphatic rings. The lowest BCUT2D eigenvalue weighted by atomic mass is 10.2. The Kier molecular flexibility index (Phi) is 5.50. The maximum atomic E-state index is 13.7. The van der Waals surface area contributed by atoms with Gasteiger partial charge in [0.25, 0.3) is 5.56 Å². The van der Waals surface area contributed by atoms with E-state index < -0.39 is 11.4 Å². The first-order chi connectivity index (χ1) is 15.0. The van der Waals surface area contributed by atoms with Crippen LogP contribution in [-0.4, -0.2) is 25.9 Å². The maximum absolute atomic E-state index is 13.7. The van der Waals surface area contributed by atoms with E-state index in [1.54, 1.807) is 0 Å². The fraction of sp³-hybridized carbons (Fsp3) is 0.217. The Morgan fingerprint density at radius 1 is 1.10 bits per heavy atom. The Morgan fingerprint density at radius 2 is 1.77 bits per heavy atom. The van der Waals surface area contributed by atoms with Gasteiger partial charge in [-0.25, -0.2) is 18.6 Å². The van der Waals surface area contributed by atoms with Gasteiger partial charge in [-0.05, 0) is 49.7 Å². The zero-order valence-corrected chi connectivity index (χ0v) is 17.3. The number of hydrogen-bond donors (Lipinski definition) is 1. The van der Waals surface area contributed by atoms with Crippen LogP contribution in [0.25, 0.3) is 22.4 Å². The number of anilines is 1. The lowest BCUT2D eigenvalue weighted by Gasteiger charge is -2.14. The van der Waals surface area contributed by atoms with Crippen LogP contribution >= 0.6 is 0 Å². The fourth-order valence-electron chi connectivity index (χ4n) is 3.34. The van der Waals surface area contributed by atoms with Gasteiger partial charge < -0.3 is 5.32 Å². The minimum absolute atomic E-state index is 0.0671. The molecule has 0 aliphatic carbocycles. The Hall–Kier alpha value is -3.99. The third kappa shape index (κ3) is 3.78. The molecule has 7 nitrogen and oxygen atoms in total. The minimum atomic E-state index is -0.400. The van der Waals surface area contributed by atoms with Gasteiger partial charge in [-0.3, -0.25) is 4.79 Å². The average Bonchev–Trinajstić information content (AvgIpc) is 3.14. The third-order valence-corrected chi connectivity index (χ3v) is 4.98. The highest BCUT2D eigenvalue weighted by atomic mass is 19.1. The molecule has 1 N–H and O–H groups in total. The molecule has 4 aromatic rings. The van der Waals surface area contributed by atoms with Crippen molar-refractivity contribution in [2.24, 2.45) is 0 Å². The van der Waals surface area contributed by atoms with Crippen molar-refractivity contribution in [3.05, 3.63) is 76.0 Å². The summed E-state index contributed by atoms with van der Waals surface area (Å²) in [6.45, 7) is 4.62. The lowest BCUT2D eigenvalue weighted by molar-refractivity contribution is 0.627. The maximum Gasteiger partial charge on any atom is 0.286 e. The van der Waals surface area contributed by atoms with Gasteiger partial charge in [0, 0.05) is 6.54 Å². The van der Waals surface area contributed by atoms with Crippen molar-refractivity contribution in [2.75, 3.05) is 11.9 Å². The molecule has 0 unspecified atom stereocenters. The van der Waals surface area contributed by atoms with E-state index in [4.69, 9.17) is 0 Å². The number of nitrogens with one attached hydrogen (secondary N) is 1. The molecule has 0 aliphatic heterocycles. The quantitative estimate of drug-likeness (QED) is 0.478. The molecular weight excluding hydrogens is 395 g/mol. The highest BCUT2D eigenvalue weighted by Gasteiger charge is 2.22. The molecular formula is C23H21FN6O. The van der Waals surface area contributed by atoms with Crippen molar-refractivity contribution in [1.82, 2.24) is 19.3 Å². The zero-order valence-electron chi connectivity index (χ0n) is 17.3. The Balaban J connectivity index is 2.02. The van der Waals surface area contributed by atoms with Gasteiger partial charge in [0.15, 0.2) is 11.2 Å². The van der Waals surface area contributed by atoms with E-state index in [2.05, 4.69) is 22.3 Å². The molecule has 0 bridgehead atoms. The van der Waals surface area contributed by atoms with Gasteiger partial charge in [-0.1, -0.05) is 31.0 Å². The summed E-state index contributed by atoms with van der Waals surface area (Å²) in [7, 11) is 0. The third-order valence-electron chi connectivity index (χ3n) is 4.98. The summed E-state index contributed by atoms with van der Waals surface area (Å²) in [5, 5.41) is 17.1. The molecule has 2 aromatic heterocycles. The van der Waals surface area contributed by atoms with E-state index in [1.807, 2.05) is 37.3 Å². The number of aromatic nitrogens is 4. The predicted octanol–water partition coefficient (Wildman–Crippen LogP) is 4.10. The van der Waals surface area contributed by atoms with Crippen LogP contribution in [0.2, 0.25) is 0 Å². The number of rotatable bonds is 6. The van der Waals surface area contributed by atoms with Crippen molar-refractivity contribution in [2.45, 2.75) is 26.7 Å². The lowest BCUT2D eigenvalue weighted by Crippen LogP contribution is -2.25. The molecule has 156 valence electrons. The Bertz CT molecular complexity index is 1330. The van der Waals surface area contributed by atoms with Crippen molar-refractivity contribution < 1.29 is 4.39 Å². The Morgan fingerprint density at radius 3 is 2.42 bits per heavy atom. The molecule has 0 atom stereocenters. The molecule has 4 rings (SSSR count). The van der Waals surface area contributed by atoms with E-state index in [1.165, 1.54) is 33.5 Å². The molecule has 2 heterocycles. The number of nitrogens with zero attached hydrogens (tertiary/aromatic N) is 5. The van der Waals surface area contributed by atoms with Crippen molar-refractivity contribution in [3.63, 3.8) is 0 Å². The van der Waals surface area contributed by atoms with Crippen LogP contribution in [0.3, 0.4) is 0 Å². The molecule has 0 fully saturated rings. The molecule has 0 saturated heterocycles. The van der Waals surface area contributed by atoms with Crippen LogP contribution in [0.5, 0.6) is 0 Å². The first-order valence-electron chi connectivity index (χ1n) is 10.1. The SMILES string of the molecule is CCCCNc1nc2c(C#N)nn(-c3ccc(C)cc3)c2c(=O)n1-c1ccc(F)cc1. The van der Waals surface area contributed by atoms with Gasteiger partial charge in [-0.2, -0.15) is 10.4 Å². The number of hydrogen-bond acceptors (Lipinski definition) is 5. The van der Waals surface area contributed by atoms with Crippen LogP contribution in [0.4, 0.5) is 10.3 Å². The highest BCUT2D eigenvalue weighted by molar-refractivity contribution is 5.82. The molecule has 0 saturated carbocycles. The topological polar surface area (TPSA) is 88.5 Å². The van der Waals surface area contributed by atoms with E-state index in [9.17, 15) is 14.4 Å². The number of benzene rings is 2. The van der Waals surface area contributed by atoms with Gasteiger partial charge in [0.1, 0.15) is 17.4 Å². The summed E-state index contributed by atoms with van der Waals surface area (Å²) < 4.78 is 16.3. The summed E-state index contributed by atoms with van der Waals surface area (Å²) in [6.07, 6.45) is 1.84. The molecule has 0 amide bonds. The van der Waals surface area contributed by atoms with E-state index in [0.29, 0.717) is 17.9 Å². The molecule has 0 spiro atoms. The van der Waals surface area contributed by atoms with Crippen LogP contribution < -0.4 is 10.9 Å². The first-order valence-corrected chi connectivity index (χ1v) is 10.1. The minimum Gasteiger partial charge on any atom is -0.355 e. The van der Waals surface area contributed by atoms with Gasteiger partial charge in [0.05, 0.1) is 11.4 Å². The van der Waals surface area contributed by atoms with Crippen molar-refractivity contribution in [1.29, 1.82) is 5.26 Å². The Labute approximate surface area is 178 Å². The number of fused-ring (bicyclic) bond motifs is 1. The van der Waals surface area contributed by atoms with Crippen LogP contribution in [0.15, 0.2) is 53.3 Å². The number of unbranched alkanes of at least 4 members (excludes halogenated alkanes) is 1. The molecule has 31 heavy (non-hydrogen) atoms. The second kappa shape index (κ2) is 8.40. The largest absolute Gasteiger partial charge is 0.355 e. The van der Waals surface area contributed by atoms with Crippen LogP contribution in [0, 0.1) is 24.1 Å². The smallest absolute Gasteiger partial charge is 0.286 e. The standard InChI is InChI=1S/C23H21FN6O/c1-3-4-13-26-23-27-20-19(14-25)28-30(18-9-5-15(2)6-10-18)21(20)22(31)29(23)17-11-7-16(24)8-12-17/h5-12H,3-4,13H2,1-2H3,(H,26,27). The average molecular weight is 416 g/mol. The molecule has 8 heteroatoms. The zero-order chi connectivity index (χ0) is 22.0.